The average molecular weight is 364 g/mol. The van der Waals surface area contributed by atoms with Gasteiger partial charge in [0.1, 0.15) is 5.75 Å². The number of carbonyl (C=O) groups is 1. The minimum atomic E-state index is -0.971. The number of aromatic carboxylic acids is 1. The molecule has 5 heteroatoms. The topological polar surface area (TPSA) is 70.6 Å². The predicted molar refractivity (Wildman–Crippen MR) is 109 cm³/mol. The molecule has 0 amide bonds. The van der Waals surface area contributed by atoms with Crippen molar-refractivity contribution in [1.82, 2.24) is 0 Å². The number of benzene rings is 2. The second kappa shape index (κ2) is 8.94. The highest BCUT2D eigenvalue weighted by atomic mass is 16.5. The molecular weight excluding hydrogens is 340 g/mol. The van der Waals surface area contributed by atoms with Crippen LogP contribution in [0.2, 0.25) is 0 Å². The highest BCUT2D eigenvalue weighted by Gasteiger charge is 2.17. The van der Waals surface area contributed by atoms with E-state index in [0.29, 0.717) is 22.9 Å². The molecule has 0 atom stereocenters. The maximum absolute atomic E-state index is 11.6. The van der Waals surface area contributed by atoms with Crippen molar-refractivity contribution in [3.8, 4) is 11.5 Å². The molecule has 0 saturated carbocycles. The molecule has 0 heterocycles. The van der Waals surface area contributed by atoms with E-state index in [1.165, 1.54) is 0 Å². The number of para-hydroxylation sites is 1. The molecular formula is C22H24N2O3. The van der Waals surface area contributed by atoms with Crippen molar-refractivity contribution in [2.45, 2.75) is 26.2 Å². The number of unbranched alkanes of at least 4 members (excludes halogenated alkanes) is 1. The zero-order valence-electron chi connectivity index (χ0n) is 15.4. The molecule has 5 nitrogen and oxygen atoms in total. The summed E-state index contributed by atoms with van der Waals surface area (Å²) >= 11 is 0. The van der Waals surface area contributed by atoms with Crippen molar-refractivity contribution in [2.24, 2.45) is 0 Å². The van der Waals surface area contributed by atoms with Crippen molar-refractivity contribution in [3.63, 3.8) is 0 Å². The van der Waals surface area contributed by atoms with Gasteiger partial charge in [-0.3, -0.25) is 0 Å². The molecule has 1 aliphatic carbocycles. The lowest BCUT2D eigenvalue weighted by atomic mass is 10.1. The highest BCUT2D eigenvalue weighted by molar-refractivity contribution is 5.93. The van der Waals surface area contributed by atoms with E-state index in [9.17, 15) is 9.90 Å². The molecule has 0 saturated heterocycles. The van der Waals surface area contributed by atoms with Gasteiger partial charge in [-0.25, -0.2) is 4.79 Å². The average Bonchev–Trinajstić information content (AvgIpc) is 3.18. The molecule has 2 aromatic rings. The minimum absolute atomic E-state index is 0.212. The van der Waals surface area contributed by atoms with Gasteiger partial charge in [0.05, 0.1) is 16.9 Å². The van der Waals surface area contributed by atoms with Crippen LogP contribution in [0.5, 0.6) is 11.5 Å². The lowest BCUT2D eigenvalue weighted by Crippen LogP contribution is -2.08. The van der Waals surface area contributed by atoms with Gasteiger partial charge in [0.25, 0.3) is 0 Å². The van der Waals surface area contributed by atoms with Gasteiger partial charge in [0.15, 0.2) is 5.75 Å². The summed E-state index contributed by atoms with van der Waals surface area (Å²) in [6.45, 7) is 2.86. The zero-order chi connectivity index (χ0) is 19.1. The number of allylic oxidation sites excluding steroid dienone is 3. The van der Waals surface area contributed by atoms with E-state index in [1.807, 2.05) is 48.6 Å². The van der Waals surface area contributed by atoms with E-state index in [0.717, 1.165) is 31.5 Å². The van der Waals surface area contributed by atoms with E-state index in [4.69, 9.17) is 4.74 Å². The van der Waals surface area contributed by atoms with Crippen LogP contribution in [0.4, 0.5) is 11.4 Å². The quantitative estimate of drug-likeness (QED) is 0.502. The first kappa shape index (κ1) is 18.6. The molecule has 1 aliphatic rings. The third-order valence-corrected chi connectivity index (χ3v) is 4.21. The molecule has 0 fully saturated rings. The van der Waals surface area contributed by atoms with E-state index in [2.05, 4.69) is 17.6 Å². The molecule has 3 N–H and O–H groups in total. The van der Waals surface area contributed by atoms with Crippen LogP contribution in [0.25, 0.3) is 0 Å². The Morgan fingerprint density at radius 2 is 1.96 bits per heavy atom. The Hall–Kier alpha value is -3.21. The monoisotopic (exact) mass is 364 g/mol. The fraction of sp³-hybridized carbons (Fsp3) is 0.227. The van der Waals surface area contributed by atoms with Gasteiger partial charge in [-0.05, 0) is 36.8 Å². The Bertz CT molecular complexity index is 857. The molecule has 0 aliphatic heterocycles. The van der Waals surface area contributed by atoms with Gasteiger partial charge in [-0.2, -0.15) is 0 Å². The van der Waals surface area contributed by atoms with Crippen LogP contribution in [-0.4, -0.2) is 17.6 Å². The van der Waals surface area contributed by atoms with Gasteiger partial charge in [0.2, 0.25) is 0 Å². The van der Waals surface area contributed by atoms with Gasteiger partial charge < -0.3 is 20.5 Å². The Morgan fingerprint density at radius 3 is 2.63 bits per heavy atom. The molecule has 27 heavy (non-hydrogen) atoms. The summed E-state index contributed by atoms with van der Waals surface area (Å²) < 4.78 is 6.15. The van der Waals surface area contributed by atoms with Crippen LogP contribution < -0.4 is 15.4 Å². The standard InChI is InChI=1S/C22H24N2O3/c1-2-3-13-23-19-14-16(22(25)26)15-20(24-17-9-7-8-10-17)21(19)27-18-11-5-4-6-12-18/h4-9,11-12,14-15,23-24H,2-3,10,13H2,1H3,(H,25,26). The second-order valence-corrected chi connectivity index (χ2v) is 6.35. The molecule has 0 radical (unpaired) electrons. The number of hydrogen-bond donors (Lipinski definition) is 3. The van der Waals surface area contributed by atoms with Crippen molar-refractivity contribution in [3.05, 3.63) is 72.0 Å². The van der Waals surface area contributed by atoms with Gasteiger partial charge in [-0.15, -0.1) is 0 Å². The number of anilines is 2. The summed E-state index contributed by atoms with van der Waals surface area (Å²) in [5.74, 6) is 0.317. The normalized spacial score (nSPS) is 12.6. The Morgan fingerprint density at radius 1 is 1.19 bits per heavy atom. The lowest BCUT2D eigenvalue weighted by Gasteiger charge is -2.19. The van der Waals surface area contributed by atoms with Gasteiger partial charge >= 0.3 is 5.97 Å². The highest BCUT2D eigenvalue weighted by Crippen LogP contribution is 2.39. The zero-order valence-corrected chi connectivity index (χ0v) is 15.4. The van der Waals surface area contributed by atoms with Crippen molar-refractivity contribution < 1.29 is 14.6 Å². The van der Waals surface area contributed by atoms with Crippen molar-refractivity contribution >= 4 is 17.3 Å². The van der Waals surface area contributed by atoms with E-state index in [1.54, 1.807) is 12.1 Å². The first-order chi connectivity index (χ1) is 13.2. The smallest absolute Gasteiger partial charge is 0.335 e. The van der Waals surface area contributed by atoms with Crippen LogP contribution in [0, 0.1) is 0 Å². The first-order valence-electron chi connectivity index (χ1n) is 9.18. The first-order valence-corrected chi connectivity index (χ1v) is 9.18. The molecule has 0 bridgehead atoms. The van der Waals surface area contributed by atoms with E-state index >= 15 is 0 Å². The number of ether oxygens (including phenoxy) is 1. The molecule has 0 spiro atoms. The summed E-state index contributed by atoms with van der Waals surface area (Å²) in [5, 5.41) is 16.2. The number of rotatable bonds is 9. The molecule has 140 valence electrons. The van der Waals surface area contributed by atoms with Crippen LogP contribution in [-0.2, 0) is 0 Å². The van der Waals surface area contributed by atoms with E-state index in [-0.39, 0.29) is 5.56 Å². The molecule has 0 aromatic heterocycles. The van der Waals surface area contributed by atoms with Crippen LogP contribution >= 0.6 is 0 Å². The molecule has 3 rings (SSSR count). The largest absolute Gasteiger partial charge is 0.478 e. The molecule has 0 unspecified atom stereocenters. The third-order valence-electron chi connectivity index (χ3n) is 4.21. The maximum atomic E-state index is 11.6. The fourth-order valence-corrected chi connectivity index (χ4v) is 2.81. The Labute approximate surface area is 159 Å². The minimum Gasteiger partial charge on any atom is -0.478 e. The number of nitrogens with one attached hydrogen (secondary N) is 2. The summed E-state index contributed by atoms with van der Waals surface area (Å²) in [5.41, 5.74) is 2.51. The number of carboxylic acid groups (broad SMARTS) is 1. The summed E-state index contributed by atoms with van der Waals surface area (Å²) in [6, 6.07) is 12.7. The maximum Gasteiger partial charge on any atom is 0.335 e. The van der Waals surface area contributed by atoms with Crippen LogP contribution in [0.1, 0.15) is 36.5 Å². The van der Waals surface area contributed by atoms with Crippen molar-refractivity contribution in [1.29, 1.82) is 0 Å². The SMILES string of the molecule is CCCCNc1cc(C(=O)O)cc(NC2=CC=CC2)c1Oc1ccccc1. The number of hydrogen-bond acceptors (Lipinski definition) is 4. The molecule has 2 aromatic carbocycles. The van der Waals surface area contributed by atoms with Crippen LogP contribution in [0.15, 0.2) is 66.4 Å². The van der Waals surface area contributed by atoms with Crippen molar-refractivity contribution in [2.75, 3.05) is 17.2 Å². The fourth-order valence-electron chi connectivity index (χ4n) is 2.81. The van der Waals surface area contributed by atoms with E-state index < -0.39 is 5.97 Å². The van der Waals surface area contributed by atoms with Gasteiger partial charge in [-0.1, -0.05) is 43.7 Å². The van der Waals surface area contributed by atoms with Crippen LogP contribution in [0.3, 0.4) is 0 Å². The summed E-state index contributed by atoms with van der Waals surface area (Å²) in [7, 11) is 0. The predicted octanol–water partition coefficient (Wildman–Crippen LogP) is 5.64. The Kier molecular flexibility index (Phi) is 6.15. The number of carboxylic acids is 1. The lowest BCUT2D eigenvalue weighted by molar-refractivity contribution is 0.0697. The second-order valence-electron chi connectivity index (χ2n) is 6.35. The summed E-state index contributed by atoms with van der Waals surface area (Å²) in [4.78, 5) is 11.6. The van der Waals surface area contributed by atoms with Gasteiger partial charge in [0, 0.05) is 18.7 Å². The Balaban J connectivity index is 2.01. The summed E-state index contributed by atoms with van der Waals surface area (Å²) in [6.07, 6.45) is 8.80. The third kappa shape index (κ3) is 4.91.